The molecule has 1 aromatic rings. The molecule has 0 aliphatic carbocycles. The van der Waals surface area contributed by atoms with E-state index in [1.807, 2.05) is 0 Å². The zero-order chi connectivity index (χ0) is 10.1. The fourth-order valence-corrected chi connectivity index (χ4v) is 1.37. The first-order chi connectivity index (χ1) is 6.20. The third kappa shape index (κ3) is 8.61. The van der Waals surface area contributed by atoms with Gasteiger partial charge in [-0.3, -0.25) is 0 Å². The molecule has 0 bridgehead atoms. The maximum Gasteiger partial charge on any atom is -1.00 e. The Morgan fingerprint density at radius 1 is 1.23 bits per heavy atom. The molecular formula is C11H20Al2. The van der Waals surface area contributed by atoms with Crippen molar-refractivity contribution in [3.8, 4) is 0 Å². The number of benzene rings is 1. The molecule has 70 valence electrons. The minimum Gasteiger partial charge on any atom is -1.00 e. The maximum atomic E-state index is 2.70. The second kappa shape index (κ2) is 8.86. The van der Waals surface area contributed by atoms with Crippen molar-refractivity contribution in [2.45, 2.75) is 32.0 Å². The minimum atomic E-state index is 0. The van der Waals surface area contributed by atoms with Crippen LogP contribution in [-0.4, -0.2) is 32.6 Å². The smallest absolute Gasteiger partial charge is 1.00 e. The zero-order valence-electron chi connectivity index (χ0n) is 12.6. The van der Waals surface area contributed by atoms with Crippen molar-refractivity contribution in [3.63, 3.8) is 0 Å². The summed E-state index contributed by atoms with van der Waals surface area (Å²) < 4.78 is 1.25. The summed E-state index contributed by atoms with van der Waals surface area (Å²) in [6, 6.07) is 8.37. The fraction of sp³-hybridized carbons (Fsp3) is 0.455. The molecular weight excluding hydrogens is 186 g/mol. The van der Waals surface area contributed by atoms with Crippen LogP contribution in [-0.2, 0) is 0 Å². The van der Waals surface area contributed by atoms with Gasteiger partial charge in [0.2, 0.25) is 0 Å². The van der Waals surface area contributed by atoms with E-state index in [4.69, 9.17) is 0 Å². The first kappa shape index (κ1) is 13.3. The summed E-state index contributed by atoms with van der Waals surface area (Å²) >= 11 is 5.35. The Hall–Kier alpha value is 0.285. The molecule has 0 radical (unpaired) electrons. The van der Waals surface area contributed by atoms with E-state index < -0.39 is 0 Å². The third-order valence-corrected chi connectivity index (χ3v) is 2.43. The molecule has 0 atom stereocenters. The van der Waals surface area contributed by atoms with E-state index in [9.17, 15) is 0 Å². The van der Waals surface area contributed by atoms with Crippen LogP contribution in [0.3, 0.4) is 0 Å². The standard InChI is InChI=1S/C7H7.C4H9.2Al.4H/c1-7-5-3-2-4-6-7;1-3-4-2;;;;;;/h3-6H,1H3;1,3-4H2,2H3;;;;;;/q;;2*+2;4*-1. The monoisotopic (exact) mass is 206 g/mol. The quantitative estimate of drug-likeness (QED) is 0.652. The average molecular weight is 206 g/mol. The third-order valence-electron chi connectivity index (χ3n) is 1.64. The Balaban J connectivity index is -0.0000000489. The minimum absolute atomic E-state index is 0. The molecule has 0 saturated heterocycles. The Kier molecular flexibility index (Phi) is 9.06. The van der Waals surface area contributed by atoms with Gasteiger partial charge in [-0.25, -0.2) is 0 Å². The van der Waals surface area contributed by atoms with E-state index in [1.165, 1.54) is 28.1 Å². The molecule has 1 aromatic carbocycles. The van der Waals surface area contributed by atoms with Crippen LogP contribution < -0.4 is 4.43 Å². The summed E-state index contributed by atoms with van der Waals surface area (Å²) in [5.74, 6) is 0. The number of aryl methyl sites for hydroxylation is 1. The van der Waals surface area contributed by atoms with Gasteiger partial charge in [0, 0.05) is 0 Å². The molecule has 0 saturated carbocycles. The Morgan fingerprint density at radius 2 is 1.77 bits per heavy atom. The topological polar surface area (TPSA) is 0 Å². The van der Waals surface area contributed by atoms with Crippen LogP contribution in [0.2, 0.25) is 5.28 Å². The molecule has 2 heteroatoms. The van der Waals surface area contributed by atoms with Crippen molar-refractivity contribution in [1.82, 2.24) is 0 Å². The van der Waals surface area contributed by atoms with Gasteiger partial charge in [-0.1, -0.05) is 0 Å². The van der Waals surface area contributed by atoms with E-state index in [0.29, 0.717) is 0 Å². The van der Waals surface area contributed by atoms with Gasteiger partial charge in [0.1, 0.15) is 0 Å². The molecule has 0 aliphatic rings. The molecule has 0 aliphatic heterocycles. The van der Waals surface area contributed by atoms with Crippen molar-refractivity contribution >= 4 is 37.0 Å². The van der Waals surface area contributed by atoms with Crippen molar-refractivity contribution < 1.29 is 5.71 Å². The van der Waals surface area contributed by atoms with Crippen LogP contribution in [0.15, 0.2) is 24.3 Å². The number of rotatable bonds is 2. The molecule has 0 fully saturated rings. The molecule has 13 heavy (non-hydrogen) atoms. The summed E-state index contributed by atoms with van der Waals surface area (Å²) in [6.07, 6.45) is 2.67. The maximum absolute atomic E-state index is 2.70. The van der Waals surface area contributed by atoms with E-state index in [2.05, 4.69) is 70.7 Å². The van der Waals surface area contributed by atoms with Gasteiger partial charge in [-0.05, 0) is 0 Å². The largest absolute Gasteiger partial charge is 1.00 e. The molecule has 0 nitrogen and oxygen atoms in total. The number of unbranched alkanes of at least 4 members (excludes halogenated alkanes) is 1. The Morgan fingerprint density at radius 3 is 2.00 bits per heavy atom. The molecule has 0 unspecified atom stereocenters. The summed E-state index contributed by atoms with van der Waals surface area (Å²) in [5, 5.41) is 1.26. The van der Waals surface area contributed by atoms with Gasteiger partial charge < -0.3 is 5.71 Å². The molecule has 0 spiro atoms. The summed E-state index contributed by atoms with van der Waals surface area (Å²) in [4.78, 5) is 0. The van der Waals surface area contributed by atoms with Crippen molar-refractivity contribution in [3.05, 3.63) is 29.8 Å². The van der Waals surface area contributed by atoms with E-state index in [0.717, 1.165) is 0 Å². The summed E-state index contributed by atoms with van der Waals surface area (Å²) in [7, 11) is 0. The summed E-state index contributed by atoms with van der Waals surface area (Å²) in [6.45, 7) is 4.29. The van der Waals surface area contributed by atoms with Gasteiger partial charge >= 0.3 is 98.8 Å². The number of hydrogen-bond acceptors (Lipinski definition) is 0. The Labute approximate surface area is 105 Å². The molecule has 0 heterocycles. The first-order valence-electron chi connectivity index (χ1n) is 4.73. The van der Waals surface area contributed by atoms with Gasteiger partial charge in [0.15, 0.2) is 0 Å². The molecule has 0 N–H and O–H groups in total. The normalized spacial score (nSPS) is 9.08. The summed E-state index contributed by atoms with van der Waals surface area (Å²) in [5.41, 5.74) is 1.32. The van der Waals surface area contributed by atoms with Crippen LogP contribution in [0.1, 0.15) is 31.0 Å². The van der Waals surface area contributed by atoms with Crippen LogP contribution in [0, 0.1) is 6.92 Å². The molecule has 1 rings (SSSR count). The van der Waals surface area contributed by atoms with E-state index in [-0.39, 0.29) is 5.71 Å². The van der Waals surface area contributed by atoms with Gasteiger partial charge in [-0.2, -0.15) is 0 Å². The molecule has 0 aromatic heterocycles. The van der Waals surface area contributed by atoms with Crippen molar-refractivity contribution in [1.29, 1.82) is 0 Å². The van der Waals surface area contributed by atoms with E-state index >= 15 is 0 Å². The van der Waals surface area contributed by atoms with Gasteiger partial charge in [-0.15, -0.1) is 0 Å². The van der Waals surface area contributed by atoms with Crippen LogP contribution in [0.4, 0.5) is 0 Å². The SMILES string of the molecule is CCC[CH2][Al+2].Cc1cc[c]([Al+2])cc1.[H-].[H-].[H-].[H-]. The number of hydrogen-bond donors (Lipinski definition) is 0. The predicted octanol–water partition coefficient (Wildman–Crippen LogP) is 2.61. The Bertz CT molecular complexity index is 194. The second-order valence-corrected chi connectivity index (χ2v) is 4.30. The van der Waals surface area contributed by atoms with E-state index in [1.54, 1.807) is 0 Å². The zero-order valence-corrected chi connectivity index (χ0v) is 10.9. The fourth-order valence-electron chi connectivity index (χ4n) is 0.771. The predicted molar refractivity (Wildman–Crippen MR) is 66.5 cm³/mol. The van der Waals surface area contributed by atoms with Crippen LogP contribution in [0.5, 0.6) is 0 Å². The first-order valence-corrected chi connectivity index (χ1v) is 6.12. The average Bonchev–Trinajstić information content (AvgIpc) is 2.13. The van der Waals surface area contributed by atoms with Gasteiger partial charge in [0.05, 0.1) is 0 Å². The van der Waals surface area contributed by atoms with Crippen LogP contribution in [0.25, 0.3) is 0 Å². The molecule has 0 amide bonds. The van der Waals surface area contributed by atoms with Crippen molar-refractivity contribution in [2.24, 2.45) is 0 Å². The second-order valence-electron chi connectivity index (χ2n) is 3.05. The van der Waals surface area contributed by atoms with Crippen LogP contribution >= 0.6 is 0 Å². The van der Waals surface area contributed by atoms with Gasteiger partial charge in [0.25, 0.3) is 0 Å². The van der Waals surface area contributed by atoms with Crippen molar-refractivity contribution in [2.75, 3.05) is 0 Å².